The van der Waals surface area contributed by atoms with Gasteiger partial charge in [-0.15, -0.1) is 16.4 Å². The number of hydrogen-bond acceptors (Lipinski definition) is 7. The van der Waals surface area contributed by atoms with E-state index in [0.717, 1.165) is 38.5 Å². The Hall–Kier alpha value is -3.07. The number of aromatic nitrogens is 4. The minimum atomic E-state index is 0.0186. The number of thiophene rings is 1. The molecule has 0 radical (unpaired) electrons. The molecule has 0 N–H and O–H groups in total. The quantitative estimate of drug-likeness (QED) is 0.389. The molecule has 3 heterocycles. The molecular formula is C26H31N7S. The van der Waals surface area contributed by atoms with Crippen molar-refractivity contribution in [2.24, 2.45) is 0 Å². The molecule has 176 valence electrons. The molecule has 1 fully saturated rings. The van der Waals surface area contributed by atoms with Gasteiger partial charge in [-0.2, -0.15) is 0 Å². The van der Waals surface area contributed by atoms with Crippen molar-refractivity contribution in [3.63, 3.8) is 0 Å². The first-order valence-corrected chi connectivity index (χ1v) is 12.6. The number of nitrogens with zero attached hydrogens (tertiary/aromatic N) is 7. The van der Waals surface area contributed by atoms with Crippen LogP contribution in [0.25, 0.3) is 0 Å². The van der Waals surface area contributed by atoms with Crippen molar-refractivity contribution in [3.8, 4) is 0 Å². The van der Waals surface area contributed by atoms with E-state index in [2.05, 4.69) is 116 Å². The van der Waals surface area contributed by atoms with Gasteiger partial charge in [-0.3, -0.25) is 9.80 Å². The molecule has 7 nitrogen and oxygen atoms in total. The highest BCUT2D eigenvalue weighted by molar-refractivity contribution is 7.09. The third-order valence-corrected chi connectivity index (χ3v) is 7.30. The summed E-state index contributed by atoms with van der Waals surface area (Å²) in [6.07, 6.45) is 0. The second-order valence-corrected chi connectivity index (χ2v) is 9.99. The van der Waals surface area contributed by atoms with E-state index in [1.165, 1.54) is 21.7 Å². The van der Waals surface area contributed by atoms with Crippen LogP contribution >= 0.6 is 11.3 Å². The maximum Gasteiger partial charge on any atom is 0.173 e. The van der Waals surface area contributed by atoms with Crippen LogP contribution < -0.4 is 4.90 Å². The Morgan fingerprint density at radius 3 is 2.32 bits per heavy atom. The summed E-state index contributed by atoms with van der Waals surface area (Å²) in [7, 11) is 4.14. The van der Waals surface area contributed by atoms with E-state index in [9.17, 15) is 0 Å². The highest BCUT2D eigenvalue weighted by atomic mass is 32.1. The van der Waals surface area contributed by atoms with Crippen LogP contribution in [-0.2, 0) is 13.1 Å². The highest BCUT2D eigenvalue weighted by Crippen LogP contribution is 2.30. The van der Waals surface area contributed by atoms with E-state index < -0.39 is 0 Å². The Morgan fingerprint density at radius 1 is 0.882 bits per heavy atom. The molecule has 4 aromatic rings. The van der Waals surface area contributed by atoms with Crippen LogP contribution in [0.4, 0.5) is 5.69 Å². The predicted octanol–water partition coefficient (Wildman–Crippen LogP) is 3.76. The average molecular weight is 474 g/mol. The molecule has 0 bridgehead atoms. The van der Waals surface area contributed by atoms with Crippen LogP contribution in [0.1, 0.15) is 27.9 Å². The predicted molar refractivity (Wildman–Crippen MR) is 137 cm³/mol. The number of benzene rings is 2. The van der Waals surface area contributed by atoms with E-state index in [1.807, 2.05) is 4.68 Å². The fraction of sp³-hybridized carbons (Fsp3) is 0.346. The molecule has 5 rings (SSSR count). The molecule has 2 aromatic carbocycles. The van der Waals surface area contributed by atoms with E-state index in [-0.39, 0.29) is 6.04 Å². The SMILES string of the molecule is CN(C)c1ccc(C(c2nnnn2Cc2cccs2)N2CCN(Cc3ccccc3)CC2)cc1. The molecule has 2 aromatic heterocycles. The zero-order chi connectivity index (χ0) is 23.3. The number of rotatable bonds is 8. The number of tetrazole rings is 1. The van der Waals surface area contributed by atoms with Gasteiger partial charge in [0, 0.05) is 57.4 Å². The number of piperazine rings is 1. The number of anilines is 1. The third kappa shape index (κ3) is 5.19. The second kappa shape index (κ2) is 10.5. The molecule has 1 aliphatic heterocycles. The van der Waals surface area contributed by atoms with Gasteiger partial charge in [0.05, 0.1) is 12.6 Å². The van der Waals surface area contributed by atoms with Gasteiger partial charge in [0.1, 0.15) is 0 Å². The van der Waals surface area contributed by atoms with E-state index >= 15 is 0 Å². The van der Waals surface area contributed by atoms with E-state index in [4.69, 9.17) is 0 Å². The van der Waals surface area contributed by atoms with Gasteiger partial charge >= 0.3 is 0 Å². The lowest BCUT2D eigenvalue weighted by Crippen LogP contribution is -2.48. The molecule has 1 atom stereocenters. The zero-order valence-corrected chi connectivity index (χ0v) is 20.6. The molecule has 0 spiro atoms. The van der Waals surface area contributed by atoms with Crippen LogP contribution in [0.2, 0.25) is 0 Å². The highest BCUT2D eigenvalue weighted by Gasteiger charge is 2.30. The molecular weight excluding hydrogens is 442 g/mol. The summed E-state index contributed by atoms with van der Waals surface area (Å²) in [6, 6.07) is 23.8. The Morgan fingerprint density at radius 2 is 1.65 bits per heavy atom. The standard InChI is InChI=1S/C26H31N7S/c1-30(2)23-12-10-22(11-13-23)25(26-27-28-29-33(26)20-24-9-6-18-34-24)32-16-14-31(15-17-32)19-21-7-4-3-5-8-21/h3-13,18,25H,14-17,19-20H2,1-2H3. The van der Waals surface area contributed by atoms with Crippen LogP contribution in [0.3, 0.4) is 0 Å². The first-order chi connectivity index (χ1) is 16.7. The molecule has 1 saturated heterocycles. The van der Waals surface area contributed by atoms with Crippen molar-refractivity contribution in [2.75, 3.05) is 45.2 Å². The summed E-state index contributed by atoms with van der Waals surface area (Å²) in [5, 5.41) is 15.1. The third-order valence-electron chi connectivity index (χ3n) is 6.44. The van der Waals surface area contributed by atoms with Crippen molar-refractivity contribution in [1.82, 2.24) is 30.0 Å². The molecule has 0 saturated carbocycles. The molecule has 0 amide bonds. The molecule has 1 unspecified atom stereocenters. The van der Waals surface area contributed by atoms with Crippen LogP contribution in [0.15, 0.2) is 72.1 Å². The summed E-state index contributed by atoms with van der Waals surface area (Å²) in [6.45, 7) is 5.67. The summed E-state index contributed by atoms with van der Waals surface area (Å²) in [5.74, 6) is 0.905. The molecule has 34 heavy (non-hydrogen) atoms. The monoisotopic (exact) mass is 473 g/mol. The summed E-state index contributed by atoms with van der Waals surface area (Å²) in [4.78, 5) is 8.44. The lowest BCUT2D eigenvalue weighted by molar-refractivity contribution is 0.100. The Balaban J connectivity index is 1.39. The van der Waals surface area contributed by atoms with Gasteiger partial charge in [-0.25, -0.2) is 4.68 Å². The van der Waals surface area contributed by atoms with Crippen molar-refractivity contribution in [3.05, 3.63) is 93.9 Å². The van der Waals surface area contributed by atoms with Crippen molar-refractivity contribution in [2.45, 2.75) is 19.1 Å². The zero-order valence-electron chi connectivity index (χ0n) is 19.8. The van der Waals surface area contributed by atoms with Gasteiger partial charge in [-0.1, -0.05) is 48.5 Å². The minimum Gasteiger partial charge on any atom is -0.378 e. The van der Waals surface area contributed by atoms with Crippen molar-refractivity contribution in [1.29, 1.82) is 0 Å². The van der Waals surface area contributed by atoms with E-state index in [0.29, 0.717) is 6.54 Å². The lowest BCUT2D eigenvalue weighted by Gasteiger charge is -2.39. The summed E-state index contributed by atoms with van der Waals surface area (Å²) >= 11 is 1.74. The van der Waals surface area contributed by atoms with Gasteiger partial charge in [0.2, 0.25) is 0 Å². The van der Waals surface area contributed by atoms with Crippen LogP contribution in [-0.4, -0.2) is 70.3 Å². The second-order valence-electron chi connectivity index (χ2n) is 8.96. The van der Waals surface area contributed by atoms with Gasteiger partial charge in [0.15, 0.2) is 5.82 Å². The lowest BCUT2D eigenvalue weighted by atomic mass is 10.0. The summed E-state index contributed by atoms with van der Waals surface area (Å²) in [5.41, 5.74) is 3.78. The summed E-state index contributed by atoms with van der Waals surface area (Å²) < 4.78 is 1.96. The van der Waals surface area contributed by atoms with Gasteiger partial charge in [-0.05, 0) is 45.1 Å². The fourth-order valence-electron chi connectivity index (χ4n) is 4.57. The molecule has 8 heteroatoms. The Kier molecular flexibility index (Phi) is 6.99. The number of hydrogen-bond donors (Lipinski definition) is 0. The largest absolute Gasteiger partial charge is 0.378 e. The first-order valence-electron chi connectivity index (χ1n) is 11.7. The average Bonchev–Trinajstić information content (AvgIpc) is 3.54. The first kappa shape index (κ1) is 22.7. The van der Waals surface area contributed by atoms with Crippen molar-refractivity contribution < 1.29 is 0 Å². The molecule has 1 aliphatic rings. The maximum atomic E-state index is 4.53. The van der Waals surface area contributed by atoms with Gasteiger partial charge < -0.3 is 4.90 Å². The maximum absolute atomic E-state index is 4.53. The Labute approximate surface area is 205 Å². The topological polar surface area (TPSA) is 53.3 Å². The van der Waals surface area contributed by atoms with Crippen LogP contribution in [0, 0.1) is 0 Å². The normalized spacial score (nSPS) is 15.9. The van der Waals surface area contributed by atoms with Crippen molar-refractivity contribution >= 4 is 17.0 Å². The van der Waals surface area contributed by atoms with E-state index in [1.54, 1.807) is 11.3 Å². The smallest absolute Gasteiger partial charge is 0.173 e. The van der Waals surface area contributed by atoms with Gasteiger partial charge in [0.25, 0.3) is 0 Å². The molecule has 0 aliphatic carbocycles. The minimum absolute atomic E-state index is 0.0186. The Bertz CT molecular complexity index is 1150. The fourth-order valence-corrected chi connectivity index (χ4v) is 5.26. The van der Waals surface area contributed by atoms with Crippen LogP contribution in [0.5, 0.6) is 0 Å².